The van der Waals surface area contributed by atoms with Crippen molar-refractivity contribution in [3.05, 3.63) is 58.9 Å². The minimum absolute atomic E-state index is 0.101. The topological polar surface area (TPSA) is 35.1 Å². The second kappa shape index (κ2) is 5.74. The van der Waals surface area contributed by atoms with Crippen molar-refractivity contribution in [2.45, 2.75) is 12.5 Å². The van der Waals surface area contributed by atoms with Gasteiger partial charge < -0.3 is 14.8 Å². The van der Waals surface area contributed by atoms with Crippen LogP contribution in [0.25, 0.3) is 0 Å². The molecule has 0 fully saturated rings. The van der Waals surface area contributed by atoms with Gasteiger partial charge in [-0.25, -0.2) is 4.39 Å². The van der Waals surface area contributed by atoms with Crippen molar-refractivity contribution in [2.75, 3.05) is 20.8 Å². The summed E-state index contributed by atoms with van der Waals surface area (Å²) in [4.78, 5) is 0. The lowest BCUT2D eigenvalue weighted by Gasteiger charge is -2.25. The van der Waals surface area contributed by atoms with Gasteiger partial charge in [-0.3, -0.25) is 0 Å². The van der Waals surface area contributed by atoms with E-state index in [-0.39, 0.29) is 11.9 Å². The Morgan fingerprint density at radius 1 is 1.10 bits per heavy atom. The molecule has 3 nitrogen and oxygen atoms in total. The van der Waals surface area contributed by atoms with Crippen LogP contribution in [0.4, 0.5) is 4.39 Å². The molecule has 0 spiro atoms. The van der Waals surface area contributed by atoms with E-state index in [2.05, 4.69) is 5.32 Å². The Morgan fingerprint density at radius 2 is 1.86 bits per heavy atom. The van der Waals surface area contributed by atoms with Gasteiger partial charge in [-0.2, -0.15) is 0 Å². The number of rotatable bonds is 3. The minimum atomic E-state index is -0.200. The standard InChI is InChI=1S/C17H18FNO2/c1-20-15-9-11-6-7-19-17(14(11)10-16(15)21-2)12-4-3-5-13(18)8-12/h3-5,8-10,17,19H,6-7H2,1-2H3/p+1/t17-/m0/s1. The highest BCUT2D eigenvalue weighted by Gasteiger charge is 2.27. The summed E-state index contributed by atoms with van der Waals surface area (Å²) in [5, 5.41) is 2.24. The van der Waals surface area contributed by atoms with E-state index in [4.69, 9.17) is 9.47 Å². The van der Waals surface area contributed by atoms with Crippen LogP contribution in [0.5, 0.6) is 11.5 Å². The molecule has 1 aliphatic rings. The first kappa shape index (κ1) is 13.9. The zero-order valence-corrected chi connectivity index (χ0v) is 12.2. The van der Waals surface area contributed by atoms with Gasteiger partial charge in [0.2, 0.25) is 0 Å². The van der Waals surface area contributed by atoms with E-state index in [1.165, 1.54) is 17.2 Å². The third-order valence-electron chi connectivity index (χ3n) is 4.00. The molecule has 110 valence electrons. The van der Waals surface area contributed by atoms with E-state index in [1.54, 1.807) is 26.4 Å². The number of ether oxygens (including phenoxy) is 2. The van der Waals surface area contributed by atoms with Crippen molar-refractivity contribution >= 4 is 0 Å². The second-order valence-electron chi connectivity index (χ2n) is 5.21. The van der Waals surface area contributed by atoms with Gasteiger partial charge in [-0.1, -0.05) is 12.1 Å². The zero-order valence-electron chi connectivity index (χ0n) is 12.2. The third kappa shape index (κ3) is 2.59. The predicted octanol–water partition coefficient (Wildman–Crippen LogP) is 2.05. The van der Waals surface area contributed by atoms with E-state index in [9.17, 15) is 4.39 Å². The largest absolute Gasteiger partial charge is 0.493 e. The normalized spacial score (nSPS) is 17.2. The van der Waals surface area contributed by atoms with Crippen LogP contribution in [-0.2, 0) is 6.42 Å². The lowest BCUT2D eigenvalue weighted by atomic mass is 9.89. The molecule has 0 bridgehead atoms. The Labute approximate surface area is 123 Å². The van der Waals surface area contributed by atoms with Crippen LogP contribution in [-0.4, -0.2) is 20.8 Å². The zero-order chi connectivity index (χ0) is 14.8. The molecule has 0 amide bonds. The maximum Gasteiger partial charge on any atom is 0.161 e. The number of fused-ring (bicyclic) bond motifs is 1. The van der Waals surface area contributed by atoms with Crippen molar-refractivity contribution in [1.29, 1.82) is 0 Å². The lowest BCUT2D eigenvalue weighted by molar-refractivity contribution is -0.690. The molecule has 21 heavy (non-hydrogen) atoms. The summed E-state index contributed by atoms with van der Waals surface area (Å²) >= 11 is 0. The summed E-state index contributed by atoms with van der Waals surface area (Å²) in [7, 11) is 3.28. The van der Waals surface area contributed by atoms with Gasteiger partial charge in [0.25, 0.3) is 0 Å². The Morgan fingerprint density at radius 3 is 2.57 bits per heavy atom. The molecule has 0 aromatic heterocycles. The quantitative estimate of drug-likeness (QED) is 0.938. The van der Waals surface area contributed by atoms with Gasteiger partial charge in [0.1, 0.15) is 11.9 Å². The number of methoxy groups -OCH3 is 2. The highest BCUT2D eigenvalue weighted by atomic mass is 19.1. The number of nitrogens with two attached hydrogens (primary N) is 1. The third-order valence-corrected chi connectivity index (χ3v) is 4.00. The molecule has 1 atom stereocenters. The Balaban J connectivity index is 2.09. The maximum atomic E-state index is 13.5. The molecule has 0 saturated heterocycles. The van der Waals surface area contributed by atoms with E-state index in [0.29, 0.717) is 5.75 Å². The molecule has 2 N–H and O–H groups in total. The van der Waals surface area contributed by atoms with Crippen LogP contribution in [0.2, 0.25) is 0 Å². The number of hydrogen-bond acceptors (Lipinski definition) is 2. The van der Waals surface area contributed by atoms with Crippen LogP contribution >= 0.6 is 0 Å². The Hall–Kier alpha value is -2.07. The van der Waals surface area contributed by atoms with E-state index in [1.807, 2.05) is 18.2 Å². The first-order chi connectivity index (χ1) is 10.2. The number of halogens is 1. The highest BCUT2D eigenvalue weighted by molar-refractivity contribution is 5.50. The van der Waals surface area contributed by atoms with Crippen LogP contribution in [0.1, 0.15) is 22.7 Å². The molecule has 1 aliphatic heterocycles. The average Bonchev–Trinajstić information content (AvgIpc) is 2.52. The molecular weight excluding hydrogens is 269 g/mol. The predicted molar refractivity (Wildman–Crippen MR) is 78.3 cm³/mol. The Bertz CT molecular complexity index is 657. The first-order valence-electron chi connectivity index (χ1n) is 7.06. The molecule has 1 heterocycles. The molecule has 3 rings (SSSR count). The van der Waals surface area contributed by atoms with E-state index in [0.717, 1.165) is 24.3 Å². The summed E-state index contributed by atoms with van der Waals surface area (Å²) in [6.07, 6.45) is 0.974. The van der Waals surface area contributed by atoms with Crippen LogP contribution < -0.4 is 14.8 Å². The van der Waals surface area contributed by atoms with Gasteiger partial charge in [0.15, 0.2) is 11.5 Å². The molecule has 0 radical (unpaired) electrons. The van der Waals surface area contributed by atoms with Crippen molar-refractivity contribution in [1.82, 2.24) is 0 Å². The van der Waals surface area contributed by atoms with E-state index >= 15 is 0 Å². The molecule has 2 aromatic carbocycles. The SMILES string of the molecule is COc1cc2c(cc1OC)[C@H](c1cccc(F)c1)[NH2+]CC2. The second-order valence-corrected chi connectivity index (χ2v) is 5.21. The summed E-state index contributed by atoms with van der Waals surface area (Å²) in [6, 6.07) is 11.0. The smallest absolute Gasteiger partial charge is 0.161 e. The Kier molecular flexibility index (Phi) is 3.80. The monoisotopic (exact) mass is 288 g/mol. The lowest BCUT2D eigenvalue weighted by Crippen LogP contribution is -2.87. The molecule has 0 unspecified atom stereocenters. The average molecular weight is 288 g/mol. The molecule has 2 aromatic rings. The summed E-state index contributed by atoms with van der Waals surface area (Å²) < 4.78 is 24.3. The summed E-state index contributed by atoms with van der Waals surface area (Å²) in [5.41, 5.74) is 3.39. The molecule has 0 aliphatic carbocycles. The highest BCUT2D eigenvalue weighted by Crippen LogP contribution is 2.35. The van der Waals surface area contributed by atoms with Crippen LogP contribution in [0.15, 0.2) is 36.4 Å². The number of hydrogen-bond donors (Lipinski definition) is 1. The fourth-order valence-electron chi connectivity index (χ4n) is 2.99. The van der Waals surface area contributed by atoms with Crippen LogP contribution in [0.3, 0.4) is 0 Å². The van der Waals surface area contributed by atoms with E-state index < -0.39 is 0 Å². The van der Waals surface area contributed by atoms with Crippen molar-refractivity contribution in [3.8, 4) is 11.5 Å². The van der Waals surface area contributed by atoms with Crippen LogP contribution in [0, 0.1) is 5.82 Å². The van der Waals surface area contributed by atoms with Gasteiger partial charge >= 0.3 is 0 Å². The number of benzene rings is 2. The van der Waals surface area contributed by atoms with Gasteiger partial charge in [0, 0.05) is 17.5 Å². The molecule has 4 heteroatoms. The van der Waals surface area contributed by atoms with Gasteiger partial charge in [0.05, 0.1) is 20.8 Å². The van der Waals surface area contributed by atoms with Gasteiger partial charge in [-0.05, 0) is 29.8 Å². The minimum Gasteiger partial charge on any atom is -0.493 e. The fourth-order valence-corrected chi connectivity index (χ4v) is 2.99. The maximum absolute atomic E-state index is 13.5. The fraction of sp³-hybridized carbons (Fsp3) is 0.294. The van der Waals surface area contributed by atoms with Crippen molar-refractivity contribution in [3.63, 3.8) is 0 Å². The summed E-state index contributed by atoms with van der Waals surface area (Å²) in [5.74, 6) is 1.26. The van der Waals surface area contributed by atoms with Gasteiger partial charge in [-0.15, -0.1) is 0 Å². The van der Waals surface area contributed by atoms with Crippen molar-refractivity contribution < 1.29 is 19.2 Å². The first-order valence-corrected chi connectivity index (χ1v) is 7.06. The number of quaternary nitrogens is 1. The molecule has 0 saturated carbocycles. The molecular formula is C17H19FNO2+. The van der Waals surface area contributed by atoms with Crippen molar-refractivity contribution in [2.24, 2.45) is 0 Å². The summed E-state index contributed by atoms with van der Waals surface area (Å²) in [6.45, 7) is 0.976.